The molecule has 2 rings (SSSR count). The molecule has 8 heteroatoms. The molecule has 1 aromatic carbocycles. The van der Waals surface area contributed by atoms with Gasteiger partial charge in [0.1, 0.15) is 11.8 Å². The normalized spacial score (nSPS) is 17.3. The zero-order valence-electron chi connectivity index (χ0n) is 15.7. The second-order valence-electron chi connectivity index (χ2n) is 6.82. The third-order valence-corrected chi connectivity index (χ3v) is 5.17. The summed E-state index contributed by atoms with van der Waals surface area (Å²) in [6, 6.07) is 5.18. The molecule has 1 aliphatic rings. The van der Waals surface area contributed by atoms with Crippen LogP contribution in [0.2, 0.25) is 0 Å². The number of carbonyl (C=O) groups is 2. The van der Waals surface area contributed by atoms with E-state index >= 15 is 0 Å². The number of nitrogens with two attached hydrogens (primary N) is 1. The van der Waals surface area contributed by atoms with Gasteiger partial charge < -0.3 is 20.7 Å². The topological polar surface area (TPSA) is 84.7 Å². The summed E-state index contributed by atoms with van der Waals surface area (Å²) in [5.41, 5.74) is 5.75. The van der Waals surface area contributed by atoms with Gasteiger partial charge in [-0.3, -0.25) is 9.59 Å². The van der Waals surface area contributed by atoms with Crippen molar-refractivity contribution in [3.63, 3.8) is 0 Å². The van der Waals surface area contributed by atoms with Gasteiger partial charge in [-0.15, -0.1) is 0 Å². The van der Waals surface area contributed by atoms with E-state index in [1.165, 1.54) is 23.1 Å². The van der Waals surface area contributed by atoms with E-state index in [0.717, 1.165) is 12.8 Å². The van der Waals surface area contributed by atoms with Gasteiger partial charge in [0, 0.05) is 18.6 Å². The summed E-state index contributed by atoms with van der Waals surface area (Å²) in [6.45, 7) is 1.59. The number of carbonyl (C=O) groups excluding carboxylic acids is 2. The first-order valence-electron chi connectivity index (χ1n) is 9.22. The number of hydrogen-bond acceptors (Lipinski definition) is 4. The lowest BCUT2D eigenvalue weighted by Gasteiger charge is -2.29. The highest BCUT2D eigenvalue weighted by molar-refractivity contribution is 6.00. The summed E-state index contributed by atoms with van der Waals surface area (Å²) in [5, 5.41) is 2.84. The van der Waals surface area contributed by atoms with Crippen LogP contribution in [0.15, 0.2) is 24.3 Å². The molecule has 27 heavy (non-hydrogen) atoms. The molecule has 0 radical (unpaired) electrons. The van der Waals surface area contributed by atoms with Gasteiger partial charge in [-0.1, -0.05) is 26.0 Å². The van der Waals surface area contributed by atoms with Crippen molar-refractivity contribution in [2.75, 3.05) is 13.1 Å². The van der Waals surface area contributed by atoms with Crippen LogP contribution in [0.5, 0.6) is 5.75 Å². The number of ether oxygens (including phenoxy) is 1. The molecule has 3 N–H and O–H groups in total. The average molecular weight is 383 g/mol. The predicted molar refractivity (Wildman–Crippen MR) is 97.6 cm³/mol. The van der Waals surface area contributed by atoms with Crippen LogP contribution in [-0.2, 0) is 4.79 Å². The van der Waals surface area contributed by atoms with Crippen molar-refractivity contribution in [1.29, 1.82) is 0 Å². The monoisotopic (exact) mass is 383 g/mol. The van der Waals surface area contributed by atoms with Crippen LogP contribution in [0.4, 0.5) is 8.78 Å². The SMILES string of the molecule is CCC(N)(CC)CNC(=O)C1CCCN1C(=O)c1ccccc1OC(F)F. The minimum atomic E-state index is -3.03. The number of hydrogen-bond donors (Lipinski definition) is 2. The third-order valence-electron chi connectivity index (χ3n) is 5.17. The number of benzene rings is 1. The van der Waals surface area contributed by atoms with Crippen LogP contribution in [0, 0.1) is 0 Å². The predicted octanol–water partition coefficient (Wildman–Crippen LogP) is 2.53. The van der Waals surface area contributed by atoms with Gasteiger partial charge >= 0.3 is 6.61 Å². The quantitative estimate of drug-likeness (QED) is 0.722. The molecule has 0 bridgehead atoms. The van der Waals surface area contributed by atoms with Crippen LogP contribution in [0.25, 0.3) is 0 Å². The first kappa shape index (κ1) is 21.1. The lowest BCUT2D eigenvalue weighted by molar-refractivity contribution is -0.125. The molecule has 1 aliphatic heterocycles. The maximum Gasteiger partial charge on any atom is 0.387 e. The number of halogens is 2. The van der Waals surface area contributed by atoms with E-state index in [9.17, 15) is 18.4 Å². The molecule has 0 aromatic heterocycles. The summed E-state index contributed by atoms with van der Waals surface area (Å²) in [6.07, 6.45) is 2.62. The van der Waals surface area contributed by atoms with E-state index in [0.29, 0.717) is 25.9 Å². The number of nitrogens with zero attached hydrogens (tertiary/aromatic N) is 1. The lowest BCUT2D eigenvalue weighted by atomic mass is 9.94. The Kier molecular flexibility index (Phi) is 7.12. The first-order chi connectivity index (χ1) is 12.8. The molecule has 1 aromatic rings. The Labute approximate surface area is 158 Å². The van der Waals surface area contributed by atoms with Crippen LogP contribution in [0.1, 0.15) is 49.9 Å². The lowest BCUT2D eigenvalue weighted by Crippen LogP contribution is -2.53. The molecular weight excluding hydrogens is 356 g/mol. The Bertz CT molecular complexity index is 665. The van der Waals surface area contributed by atoms with Gasteiger partial charge in [-0.05, 0) is 37.8 Å². The second-order valence-corrected chi connectivity index (χ2v) is 6.82. The maximum atomic E-state index is 12.9. The molecular formula is C19H27F2N3O3. The Balaban J connectivity index is 2.12. The Hall–Kier alpha value is -2.22. The molecule has 1 heterocycles. The van der Waals surface area contributed by atoms with Crippen molar-refractivity contribution in [2.45, 2.75) is 57.7 Å². The van der Waals surface area contributed by atoms with Crippen LogP contribution in [0.3, 0.4) is 0 Å². The van der Waals surface area contributed by atoms with Crippen molar-refractivity contribution in [3.8, 4) is 5.75 Å². The van der Waals surface area contributed by atoms with Gasteiger partial charge in [0.25, 0.3) is 5.91 Å². The molecule has 1 fully saturated rings. The number of likely N-dealkylation sites (tertiary alicyclic amines) is 1. The molecule has 6 nitrogen and oxygen atoms in total. The number of alkyl halides is 2. The van der Waals surface area contributed by atoms with Gasteiger partial charge in [-0.2, -0.15) is 8.78 Å². The maximum absolute atomic E-state index is 12.9. The third kappa shape index (κ3) is 5.15. The van der Waals surface area contributed by atoms with E-state index in [-0.39, 0.29) is 17.2 Å². The summed E-state index contributed by atoms with van der Waals surface area (Å²) in [5.74, 6) is -0.958. The molecule has 1 unspecified atom stereocenters. The minimum absolute atomic E-state index is 0.0211. The molecule has 150 valence electrons. The molecule has 2 amide bonds. The van der Waals surface area contributed by atoms with E-state index in [4.69, 9.17) is 5.73 Å². The second kappa shape index (κ2) is 9.12. The van der Waals surface area contributed by atoms with Gasteiger partial charge in [0.2, 0.25) is 5.91 Å². The Morgan fingerprint density at radius 2 is 2.00 bits per heavy atom. The fourth-order valence-corrected chi connectivity index (χ4v) is 3.16. The van der Waals surface area contributed by atoms with E-state index in [1.807, 2.05) is 13.8 Å². The minimum Gasteiger partial charge on any atom is -0.434 e. The standard InChI is InChI=1S/C19H27F2N3O3/c1-3-19(22,4-2)12-23-16(25)14-9-7-11-24(14)17(26)13-8-5-6-10-15(13)27-18(20)21/h5-6,8,10,14,18H,3-4,7,9,11-12,22H2,1-2H3,(H,23,25). The van der Waals surface area contributed by atoms with Crippen molar-refractivity contribution in [1.82, 2.24) is 10.2 Å². The molecule has 0 spiro atoms. The number of para-hydroxylation sites is 1. The fraction of sp³-hybridized carbons (Fsp3) is 0.579. The summed E-state index contributed by atoms with van der Waals surface area (Å²) in [4.78, 5) is 26.9. The van der Waals surface area contributed by atoms with Gasteiger partial charge in [0.15, 0.2) is 0 Å². The van der Waals surface area contributed by atoms with E-state index < -0.39 is 24.1 Å². The first-order valence-corrected chi connectivity index (χ1v) is 9.22. The average Bonchev–Trinajstić information content (AvgIpc) is 3.15. The van der Waals surface area contributed by atoms with Gasteiger partial charge in [-0.25, -0.2) is 0 Å². The summed E-state index contributed by atoms with van der Waals surface area (Å²) >= 11 is 0. The highest BCUT2D eigenvalue weighted by Gasteiger charge is 2.36. The Morgan fingerprint density at radius 1 is 1.33 bits per heavy atom. The van der Waals surface area contributed by atoms with Crippen LogP contribution in [-0.4, -0.2) is 48.0 Å². The number of amides is 2. The van der Waals surface area contributed by atoms with Crippen molar-refractivity contribution >= 4 is 11.8 Å². The summed E-state index contributed by atoms with van der Waals surface area (Å²) in [7, 11) is 0. The van der Waals surface area contributed by atoms with Crippen molar-refractivity contribution < 1.29 is 23.1 Å². The zero-order chi connectivity index (χ0) is 20.0. The largest absolute Gasteiger partial charge is 0.434 e. The fourth-order valence-electron chi connectivity index (χ4n) is 3.16. The Morgan fingerprint density at radius 3 is 2.63 bits per heavy atom. The number of rotatable bonds is 8. The van der Waals surface area contributed by atoms with E-state index in [1.54, 1.807) is 6.07 Å². The van der Waals surface area contributed by atoms with Crippen molar-refractivity contribution in [3.05, 3.63) is 29.8 Å². The molecule has 1 saturated heterocycles. The summed E-state index contributed by atoms with van der Waals surface area (Å²) < 4.78 is 29.6. The van der Waals surface area contributed by atoms with Crippen LogP contribution < -0.4 is 15.8 Å². The van der Waals surface area contributed by atoms with Crippen LogP contribution >= 0.6 is 0 Å². The molecule has 0 aliphatic carbocycles. The van der Waals surface area contributed by atoms with Crippen molar-refractivity contribution in [2.24, 2.45) is 5.73 Å². The smallest absolute Gasteiger partial charge is 0.387 e. The van der Waals surface area contributed by atoms with E-state index in [2.05, 4.69) is 10.1 Å². The highest BCUT2D eigenvalue weighted by atomic mass is 19.3. The van der Waals surface area contributed by atoms with Gasteiger partial charge in [0.05, 0.1) is 5.56 Å². The molecule has 1 atom stereocenters. The highest BCUT2D eigenvalue weighted by Crippen LogP contribution is 2.26. The number of nitrogens with one attached hydrogen (secondary N) is 1. The molecule has 0 saturated carbocycles. The zero-order valence-corrected chi connectivity index (χ0v) is 15.7.